The van der Waals surface area contributed by atoms with Gasteiger partial charge in [0.25, 0.3) is 5.91 Å². The minimum Gasteiger partial charge on any atom is -0.351 e. The molecule has 4 nitrogen and oxygen atoms in total. The molecule has 1 amide bonds. The first kappa shape index (κ1) is 16.2. The van der Waals surface area contributed by atoms with E-state index >= 15 is 0 Å². The van der Waals surface area contributed by atoms with Gasteiger partial charge in [0.05, 0.1) is 5.52 Å². The summed E-state index contributed by atoms with van der Waals surface area (Å²) in [6.45, 7) is 8.78. The van der Waals surface area contributed by atoms with Crippen molar-refractivity contribution in [2.45, 2.75) is 40.2 Å². The normalized spacial score (nSPS) is 16.8. The average molecular weight is 377 g/mol. The average Bonchev–Trinajstić information content (AvgIpc) is 2.75. The number of amides is 1. The van der Waals surface area contributed by atoms with E-state index in [1.807, 2.05) is 26.8 Å². The number of pyridine rings is 1. The molecule has 2 aromatic rings. The predicted molar refractivity (Wildman–Crippen MR) is 96.1 cm³/mol. The molecule has 0 aliphatic carbocycles. The fourth-order valence-corrected chi connectivity index (χ4v) is 3.57. The van der Waals surface area contributed by atoms with Crippen molar-refractivity contribution < 1.29 is 4.79 Å². The molecule has 1 aliphatic heterocycles. The first-order valence-electron chi connectivity index (χ1n) is 7.83. The molecule has 1 N–H and O–H groups in total. The van der Waals surface area contributed by atoms with Crippen LogP contribution in [0, 0.1) is 5.41 Å². The third-order valence-electron chi connectivity index (χ3n) is 4.18. The SMILES string of the molecule is C[C@@H]1Cc2cc(Br)cc3c(=O)c(C(=O)NCC(C)(C)C)cn1c23. The Kier molecular flexibility index (Phi) is 3.87. The first-order valence-corrected chi connectivity index (χ1v) is 8.62. The Morgan fingerprint density at radius 2 is 2.09 bits per heavy atom. The van der Waals surface area contributed by atoms with E-state index in [4.69, 9.17) is 0 Å². The third kappa shape index (κ3) is 2.94. The fraction of sp³-hybridized carbons (Fsp3) is 0.444. The van der Waals surface area contributed by atoms with Crippen molar-refractivity contribution in [1.82, 2.24) is 9.88 Å². The number of benzene rings is 1. The zero-order valence-corrected chi connectivity index (χ0v) is 15.5. The highest BCUT2D eigenvalue weighted by Crippen LogP contribution is 2.33. The number of rotatable bonds is 2. The lowest BCUT2D eigenvalue weighted by molar-refractivity contribution is 0.0937. The van der Waals surface area contributed by atoms with Gasteiger partial charge in [-0.05, 0) is 36.5 Å². The Bertz CT molecular complexity index is 862. The zero-order valence-electron chi connectivity index (χ0n) is 13.9. The van der Waals surface area contributed by atoms with E-state index in [0.717, 1.165) is 22.0 Å². The highest BCUT2D eigenvalue weighted by Gasteiger charge is 2.25. The van der Waals surface area contributed by atoms with Gasteiger partial charge in [0.2, 0.25) is 5.43 Å². The van der Waals surface area contributed by atoms with Crippen molar-refractivity contribution in [1.29, 1.82) is 0 Å². The lowest BCUT2D eigenvalue weighted by atomic mass is 9.97. The summed E-state index contributed by atoms with van der Waals surface area (Å²) in [5.41, 5.74) is 2.11. The van der Waals surface area contributed by atoms with Gasteiger partial charge in [0.15, 0.2) is 0 Å². The number of carbonyl (C=O) groups is 1. The van der Waals surface area contributed by atoms with Crippen LogP contribution in [0.15, 0.2) is 27.6 Å². The quantitative estimate of drug-likeness (QED) is 0.869. The number of nitrogens with zero attached hydrogens (tertiary/aromatic N) is 1. The van der Waals surface area contributed by atoms with E-state index in [-0.39, 0.29) is 28.4 Å². The molecule has 122 valence electrons. The molecule has 1 atom stereocenters. The highest BCUT2D eigenvalue weighted by atomic mass is 79.9. The zero-order chi connectivity index (χ0) is 16.9. The van der Waals surface area contributed by atoms with Crippen molar-refractivity contribution in [3.8, 4) is 0 Å². The fourth-order valence-electron chi connectivity index (χ4n) is 3.06. The van der Waals surface area contributed by atoms with Crippen molar-refractivity contribution in [2.75, 3.05) is 6.54 Å². The summed E-state index contributed by atoms with van der Waals surface area (Å²) in [5, 5.41) is 3.49. The maximum absolute atomic E-state index is 12.8. The molecule has 3 rings (SSSR count). The van der Waals surface area contributed by atoms with Crippen molar-refractivity contribution >= 4 is 32.7 Å². The summed E-state index contributed by atoms with van der Waals surface area (Å²) < 4.78 is 2.94. The summed E-state index contributed by atoms with van der Waals surface area (Å²) in [5.74, 6) is -0.295. The second-order valence-corrected chi connectivity index (χ2v) is 8.45. The topological polar surface area (TPSA) is 51.1 Å². The lowest BCUT2D eigenvalue weighted by Gasteiger charge is -2.19. The second kappa shape index (κ2) is 5.48. The van der Waals surface area contributed by atoms with Gasteiger partial charge < -0.3 is 9.88 Å². The molecule has 0 saturated heterocycles. The molecule has 5 heteroatoms. The predicted octanol–water partition coefficient (Wildman–Crippen LogP) is 3.66. The molecular weight excluding hydrogens is 356 g/mol. The van der Waals surface area contributed by atoms with Crippen LogP contribution in [0.5, 0.6) is 0 Å². The van der Waals surface area contributed by atoms with Gasteiger partial charge >= 0.3 is 0 Å². The van der Waals surface area contributed by atoms with Crippen LogP contribution >= 0.6 is 15.9 Å². The van der Waals surface area contributed by atoms with Crippen LogP contribution in [-0.2, 0) is 6.42 Å². The van der Waals surface area contributed by atoms with Crippen molar-refractivity contribution in [3.63, 3.8) is 0 Å². The van der Waals surface area contributed by atoms with E-state index in [1.54, 1.807) is 6.20 Å². The van der Waals surface area contributed by atoms with Gasteiger partial charge in [-0.1, -0.05) is 36.7 Å². The number of aromatic nitrogens is 1. The second-order valence-electron chi connectivity index (χ2n) is 7.54. The van der Waals surface area contributed by atoms with Crippen LogP contribution in [0.25, 0.3) is 10.9 Å². The van der Waals surface area contributed by atoms with E-state index in [0.29, 0.717) is 11.9 Å². The molecule has 1 aromatic carbocycles. The summed E-state index contributed by atoms with van der Waals surface area (Å²) in [6.07, 6.45) is 2.60. The Balaban J connectivity index is 2.12. The molecule has 1 aliphatic rings. The van der Waals surface area contributed by atoms with Gasteiger partial charge in [-0.2, -0.15) is 0 Å². The van der Waals surface area contributed by atoms with Crippen LogP contribution < -0.4 is 10.7 Å². The van der Waals surface area contributed by atoms with Crippen LogP contribution in [-0.4, -0.2) is 17.0 Å². The van der Waals surface area contributed by atoms with E-state index < -0.39 is 0 Å². The number of carbonyl (C=O) groups excluding carboxylic acids is 1. The standard InChI is InChI=1S/C18H21BrN2O2/c1-10-5-11-6-12(19)7-13-15(11)21(10)8-14(16(13)22)17(23)20-9-18(2,3)4/h6-8,10H,5,9H2,1-4H3,(H,20,23)/t10-/m1/s1. The van der Waals surface area contributed by atoms with Crippen LogP contribution in [0.2, 0.25) is 0 Å². The largest absolute Gasteiger partial charge is 0.351 e. The molecule has 23 heavy (non-hydrogen) atoms. The van der Waals surface area contributed by atoms with Gasteiger partial charge in [0.1, 0.15) is 5.56 Å². The Hall–Kier alpha value is -1.62. The Morgan fingerprint density at radius 3 is 2.74 bits per heavy atom. The molecule has 0 radical (unpaired) electrons. The van der Waals surface area contributed by atoms with Crippen LogP contribution in [0.3, 0.4) is 0 Å². The number of hydrogen-bond donors (Lipinski definition) is 1. The van der Waals surface area contributed by atoms with Gasteiger partial charge in [0, 0.05) is 28.6 Å². The van der Waals surface area contributed by atoms with E-state index in [9.17, 15) is 9.59 Å². The van der Waals surface area contributed by atoms with Crippen LogP contribution in [0.1, 0.15) is 49.7 Å². The smallest absolute Gasteiger partial charge is 0.256 e. The molecule has 2 heterocycles. The van der Waals surface area contributed by atoms with E-state index in [2.05, 4.69) is 38.8 Å². The third-order valence-corrected chi connectivity index (χ3v) is 4.64. The summed E-state index contributed by atoms with van der Waals surface area (Å²) in [4.78, 5) is 25.3. The Labute approximate surface area is 144 Å². The van der Waals surface area contributed by atoms with Crippen molar-refractivity contribution in [2.24, 2.45) is 5.41 Å². The van der Waals surface area contributed by atoms with Crippen molar-refractivity contribution in [3.05, 3.63) is 44.2 Å². The molecule has 0 saturated carbocycles. The monoisotopic (exact) mass is 376 g/mol. The molecule has 0 spiro atoms. The number of halogens is 1. The van der Waals surface area contributed by atoms with Gasteiger partial charge in [-0.25, -0.2) is 0 Å². The molecule has 1 aromatic heterocycles. The first-order chi connectivity index (χ1) is 10.7. The Morgan fingerprint density at radius 1 is 1.39 bits per heavy atom. The summed E-state index contributed by atoms with van der Waals surface area (Å²) in [6, 6.07) is 4.12. The number of hydrogen-bond acceptors (Lipinski definition) is 2. The number of nitrogens with one attached hydrogen (secondary N) is 1. The van der Waals surface area contributed by atoms with Crippen LogP contribution in [0.4, 0.5) is 0 Å². The van der Waals surface area contributed by atoms with Gasteiger partial charge in [-0.3, -0.25) is 9.59 Å². The lowest BCUT2D eigenvalue weighted by Crippen LogP contribution is -2.35. The summed E-state index contributed by atoms with van der Waals surface area (Å²) in [7, 11) is 0. The molecule has 0 unspecified atom stereocenters. The minimum absolute atomic E-state index is 0.0248. The summed E-state index contributed by atoms with van der Waals surface area (Å²) >= 11 is 3.47. The maximum atomic E-state index is 12.8. The molecular formula is C18H21BrN2O2. The molecule has 0 bridgehead atoms. The minimum atomic E-state index is -0.295. The maximum Gasteiger partial charge on any atom is 0.256 e. The highest BCUT2D eigenvalue weighted by molar-refractivity contribution is 9.10. The molecule has 0 fully saturated rings. The van der Waals surface area contributed by atoms with E-state index in [1.165, 1.54) is 0 Å². The van der Waals surface area contributed by atoms with Gasteiger partial charge in [-0.15, -0.1) is 0 Å².